The first-order valence-corrected chi connectivity index (χ1v) is 11.2. The van der Waals surface area contributed by atoms with Crippen molar-refractivity contribution in [2.24, 2.45) is 0 Å². The number of unbranched alkanes of at least 4 members (excludes halogenated alkanes) is 1. The SMILES string of the molecule is COc1ccc(N2CCN(CCCCc3ccc(C4CCC(=O)N4)cc3)CC2)cc1. The molecule has 0 aliphatic carbocycles. The highest BCUT2D eigenvalue weighted by molar-refractivity contribution is 5.78. The third-order valence-electron chi connectivity index (χ3n) is 6.38. The highest BCUT2D eigenvalue weighted by Gasteiger charge is 2.22. The van der Waals surface area contributed by atoms with Crippen molar-refractivity contribution < 1.29 is 9.53 Å². The number of rotatable bonds is 8. The Balaban J connectivity index is 1.14. The van der Waals surface area contributed by atoms with E-state index in [2.05, 4.69) is 51.5 Å². The Kier molecular flexibility index (Phi) is 6.90. The first kappa shape index (κ1) is 20.7. The molecule has 0 radical (unpaired) electrons. The number of hydrogen-bond acceptors (Lipinski definition) is 4. The van der Waals surface area contributed by atoms with Gasteiger partial charge in [0.25, 0.3) is 0 Å². The molecule has 30 heavy (non-hydrogen) atoms. The zero-order valence-electron chi connectivity index (χ0n) is 18.0. The number of carbonyl (C=O) groups is 1. The predicted octanol–water partition coefficient (Wildman–Crippen LogP) is 3.79. The number of amides is 1. The summed E-state index contributed by atoms with van der Waals surface area (Å²) in [7, 11) is 1.71. The lowest BCUT2D eigenvalue weighted by molar-refractivity contribution is -0.119. The van der Waals surface area contributed by atoms with Gasteiger partial charge in [-0.2, -0.15) is 0 Å². The third-order valence-corrected chi connectivity index (χ3v) is 6.38. The van der Waals surface area contributed by atoms with E-state index in [-0.39, 0.29) is 11.9 Å². The molecule has 5 nitrogen and oxygen atoms in total. The second kappa shape index (κ2) is 9.98. The van der Waals surface area contributed by atoms with Crippen LogP contribution in [0.4, 0.5) is 5.69 Å². The normalized spacial score (nSPS) is 19.7. The zero-order valence-corrected chi connectivity index (χ0v) is 18.0. The number of nitrogens with zero attached hydrogens (tertiary/aromatic N) is 2. The van der Waals surface area contributed by atoms with Gasteiger partial charge in [-0.1, -0.05) is 24.3 Å². The Morgan fingerprint density at radius 2 is 1.70 bits per heavy atom. The maximum atomic E-state index is 11.4. The van der Waals surface area contributed by atoms with Crippen LogP contribution < -0.4 is 15.0 Å². The zero-order chi connectivity index (χ0) is 20.8. The van der Waals surface area contributed by atoms with Crippen molar-refractivity contribution >= 4 is 11.6 Å². The Morgan fingerprint density at radius 1 is 0.967 bits per heavy atom. The molecule has 1 N–H and O–H groups in total. The molecule has 2 aliphatic heterocycles. The number of piperazine rings is 1. The average molecular weight is 408 g/mol. The van der Waals surface area contributed by atoms with Crippen molar-refractivity contribution in [3.8, 4) is 5.75 Å². The van der Waals surface area contributed by atoms with Crippen LogP contribution in [0.25, 0.3) is 0 Å². The van der Waals surface area contributed by atoms with E-state index in [4.69, 9.17) is 4.74 Å². The monoisotopic (exact) mass is 407 g/mol. The van der Waals surface area contributed by atoms with Crippen LogP contribution in [0.15, 0.2) is 48.5 Å². The fourth-order valence-electron chi connectivity index (χ4n) is 4.47. The summed E-state index contributed by atoms with van der Waals surface area (Å²) in [5.74, 6) is 1.09. The number of ether oxygens (including phenoxy) is 1. The number of nitrogens with one attached hydrogen (secondary N) is 1. The van der Waals surface area contributed by atoms with Crippen molar-refractivity contribution in [3.05, 3.63) is 59.7 Å². The number of carbonyl (C=O) groups excluding carboxylic acids is 1. The molecule has 1 unspecified atom stereocenters. The Hall–Kier alpha value is -2.53. The van der Waals surface area contributed by atoms with E-state index in [1.54, 1.807) is 7.11 Å². The van der Waals surface area contributed by atoms with Gasteiger partial charge in [-0.3, -0.25) is 9.69 Å². The van der Waals surface area contributed by atoms with Crippen LogP contribution in [0.2, 0.25) is 0 Å². The van der Waals surface area contributed by atoms with Gasteiger partial charge in [0, 0.05) is 38.3 Å². The maximum Gasteiger partial charge on any atom is 0.220 e. The molecule has 0 spiro atoms. The van der Waals surface area contributed by atoms with Crippen LogP contribution in [0.1, 0.15) is 42.9 Å². The van der Waals surface area contributed by atoms with Crippen LogP contribution >= 0.6 is 0 Å². The maximum absolute atomic E-state index is 11.4. The Labute approximate surface area is 180 Å². The minimum Gasteiger partial charge on any atom is -0.497 e. The van der Waals surface area contributed by atoms with Crippen LogP contribution in [-0.2, 0) is 11.2 Å². The minimum absolute atomic E-state index is 0.175. The molecule has 2 aliphatic rings. The molecule has 160 valence electrons. The number of hydrogen-bond donors (Lipinski definition) is 1. The van der Waals surface area contributed by atoms with E-state index in [1.165, 1.54) is 36.2 Å². The van der Waals surface area contributed by atoms with E-state index in [1.807, 2.05) is 12.1 Å². The summed E-state index contributed by atoms with van der Waals surface area (Å²) in [6.07, 6.45) is 5.16. The van der Waals surface area contributed by atoms with Crippen LogP contribution in [0, 0.1) is 0 Å². The summed E-state index contributed by atoms with van der Waals surface area (Å²) in [5.41, 5.74) is 3.92. The van der Waals surface area contributed by atoms with Crippen molar-refractivity contribution in [1.29, 1.82) is 0 Å². The van der Waals surface area contributed by atoms with Gasteiger partial charge >= 0.3 is 0 Å². The van der Waals surface area contributed by atoms with Crippen LogP contribution in [0.3, 0.4) is 0 Å². The third kappa shape index (κ3) is 5.33. The average Bonchev–Trinajstić information content (AvgIpc) is 3.24. The summed E-state index contributed by atoms with van der Waals surface area (Å²) >= 11 is 0. The van der Waals surface area contributed by atoms with Crippen molar-refractivity contribution in [3.63, 3.8) is 0 Å². The fourth-order valence-corrected chi connectivity index (χ4v) is 4.47. The quantitative estimate of drug-likeness (QED) is 0.676. The molecule has 4 rings (SSSR count). The minimum atomic E-state index is 0.175. The molecule has 1 amide bonds. The molecule has 2 aromatic rings. The highest BCUT2D eigenvalue weighted by Crippen LogP contribution is 2.24. The van der Waals surface area contributed by atoms with Gasteiger partial charge in [0.1, 0.15) is 5.75 Å². The second-order valence-electron chi connectivity index (χ2n) is 8.38. The molecular weight excluding hydrogens is 374 g/mol. The highest BCUT2D eigenvalue weighted by atomic mass is 16.5. The lowest BCUT2D eigenvalue weighted by Gasteiger charge is -2.36. The molecule has 2 saturated heterocycles. The van der Waals surface area contributed by atoms with Gasteiger partial charge in [-0.05, 0) is 67.6 Å². The fraction of sp³-hybridized carbons (Fsp3) is 0.480. The van der Waals surface area contributed by atoms with E-state index in [0.29, 0.717) is 6.42 Å². The molecular formula is C25H33N3O2. The molecule has 5 heteroatoms. The summed E-state index contributed by atoms with van der Waals surface area (Å²) in [6, 6.07) is 17.4. The Morgan fingerprint density at radius 3 is 2.33 bits per heavy atom. The van der Waals surface area contributed by atoms with E-state index < -0.39 is 0 Å². The first-order chi connectivity index (χ1) is 14.7. The molecule has 2 heterocycles. The standard InChI is InChI=1S/C25H33N3O2/c1-30-23-11-9-22(10-12-23)28-18-16-27(17-19-28)15-3-2-4-20-5-7-21(8-6-20)24-13-14-25(29)26-24/h5-12,24H,2-4,13-19H2,1H3,(H,26,29). The van der Waals surface area contributed by atoms with E-state index in [9.17, 15) is 4.79 Å². The molecule has 0 aromatic heterocycles. The lowest BCUT2D eigenvalue weighted by Crippen LogP contribution is -2.46. The lowest BCUT2D eigenvalue weighted by atomic mass is 10.0. The summed E-state index contributed by atoms with van der Waals surface area (Å²) < 4.78 is 5.25. The van der Waals surface area contributed by atoms with Gasteiger partial charge in [0.15, 0.2) is 0 Å². The van der Waals surface area contributed by atoms with Crippen molar-refractivity contribution in [2.75, 3.05) is 44.7 Å². The van der Waals surface area contributed by atoms with Crippen LogP contribution in [0.5, 0.6) is 5.75 Å². The number of methoxy groups -OCH3 is 1. The molecule has 0 saturated carbocycles. The summed E-state index contributed by atoms with van der Waals surface area (Å²) in [4.78, 5) is 16.4. The van der Waals surface area contributed by atoms with Gasteiger partial charge in [-0.15, -0.1) is 0 Å². The van der Waals surface area contributed by atoms with Gasteiger partial charge in [0.05, 0.1) is 13.2 Å². The topological polar surface area (TPSA) is 44.8 Å². The number of anilines is 1. The smallest absolute Gasteiger partial charge is 0.220 e. The van der Waals surface area contributed by atoms with E-state index >= 15 is 0 Å². The second-order valence-corrected chi connectivity index (χ2v) is 8.38. The largest absolute Gasteiger partial charge is 0.497 e. The van der Waals surface area contributed by atoms with Gasteiger partial charge < -0.3 is 15.0 Å². The summed E-state index contributed by atoms with van der Waals surface area (Å²) in [6.45, 7) is 5.63. The van der Waals surface area contributed by atoms with Gasteiger partial charge in [0.2, 0.25) is 5.91 Å². The molecule has 2 fully saturated rings. The Bertz CT molecular complexity index is 811. The predicted molar refractivity (Wildman–Crippen MR) is 121 cm³/mol. The van der Waals surface area contributed by atoms with Gasteiger partial charge in [-0.25, -0.2) is 0 Å². The van der Waals surface area contributed by atoms with E-state index in [0.717, 1.165) is 44.8 Å². The number of benzene rings is 2. The van der Waals surface area contributed by atoms with Crippen LogP contribution in [-0.4, -0.2) is 50.6 Å². The molecule has 0 bridgehead atoms. The molecule has 1 atom stereocenters. The molecule has 2 aromatic carbocycles. The van der Waals surface area contributed by atoms with Crippen molar-refractivity contribution in [2.45, 2.75) is 38.1 Å². The first-order valence-electron chi connectivity index (χ1n) is 11.2. The number of aryl methyl sites for hydroxylation is 1. The summed E-state index contributed by atoms with van der Waals surface area (Å²) in [5, 5.41) is 3.04. The van der Waals surface area contributed by atoms with Crippen molar-refractivity contribution in [1.82, 2.24) is 10.2 Å².